The van der Waals surface area contributed by atoms with Gasteiger partial charge in [-0.2, -0.15) is 0 Å². The van der Waals surface area contributed by atoms with Crippen LogP contribution in [-0.4, -0.2) is 0 Å². The quantitative estimate of drug-likeness (QED) is 0.528. The summed E-state index contributed by atoms with van der Waals surface area (Å²) in [5.41, 5.74) is 5.26. The summed E-state index contributed by atoms with van der Waals surface area (Å²) in [4.78, 5) is 0. The summed E-state index contributed by atoms with van der Waals surface area (Å²) in [6.45, 7) is 11.0. The Bertz CT molecular complexity index is 779. The first kappa shape index (κ1) is 17.0. The van der Waals surface area contributed by atoms with Crippen molar-refractivity contribution >= 4 is 11.4 Å². The molecule has 0 amide bonds. The van der Waals surface area contributed by atoms with Gasteiger partial charge in [0.15, 0.2) is 0 Å². The Kier molecular flexibility index (Phi) is 4.15. The lowest BCUT2D eigenvalue weighted by atomic mass is 9.63. The normalized spacial score (nSPS) is 19.4. The van der Waals surface area contributed by atoms with Crippen molar-refractivity contribution in [2.24, 2.45) is 0 Å². The summed E-state index contributed by atoms with van der Waals surface area (Å²) in [5.74, 6) is -0.122. The van der Waals surface area contributed by atoms with E-state index in [1.54, 1.807) is 0 Å². The first-order valence-electron chi connectivity index (χ1n) is 8.79. The molecule has 24 heavy (non-hydrogen) atoms. The summed E-state index contributed by atoms with van der Waals surface area (Å²) in [7, 11) is 0. The van der Waals surface area contributed by atoms with Gasteiger partial charge in [0.05, 0.1) is 0 Å². The lowest BCUT2D eigenvalue weighted by Crippen LogP contribution is -2.33. The third kappa shape index (κ3) is 2.92. The highest BCUT2D eigenvalue weighted by Crippen LogP contribution is 2.46. The molecule has 0 aromatic heterocycles. The molecule has 0 N–H and O–H groups in total. The van der Waals surface area contributed by atoms with Crippen molar-refractivity contribution in [1.82, 2.24) is 0 Å². The topological polar surface area (TPSA) is 0 Å². The van der Waals surface area contributed by atoms with Gasteiger partial charge in [0.25, 0.3) is 0 Å². The molecule has 0 spiro atoms. The monoisotopic (exact) mass is 322 g/mol. The molecule has 0 heterocycles. The van der Waals surface area contributed by atoms with E-state index in [0.29, 0.717) is 11.1 Å². The Morgan fingerprint density at radius 1 is 0.792 bits per heavy atom. The molecule has 0 saturated heterocycles. The first-order valence-corrected chi connectivity index (χ1v) is 8.79. The van der Waals surface area contributed by atoms with Crippen molar-refractivity contribution in [2.45, 2.75) is 58.3 Å². The molecule has 3 rings (SSSR count). The minimum Gasteiger partial charge on any atom is -0.206 e. The van der Waals surface area contributed by atoms with E-state index in [1.807, 2.05) is 43.3 Å². The molecule has 0 nitrogen and oxygen atoms in total. The van der Waals surface area contributed by atoms with Crippen molar-refractivity contribution in [2.75, 3.05) is 0 Å². The maximum absolute atomic E-state index is 15.1. The van der Waals surface area contributed by atoms with E-state index >= 15 is 4.39 Å². The SMILES string of the molecule is C/C(=C(/F)c1ccc2c(c1)C(C)(C)CCC2(C)C)c1ccccc1. The zero-order chi connectivity index (χ0) is 17.5. The fourth-order valence-corrected chi connectivity index (χ4v) is 3.76. The molecule has 1 aliphatic rings. The molecule has 0 radical (unpaired) electrons. The van der Waals surface area contributed by atoms with Gasteiger partial charge in [-0.15, -0.1) is 0 Å². The maximum atomic E-state index is 15.1. The summed E-state index contributed by atoms with van der Waals surface area (Å²) in [5, 5.41) is 0. The van der Waals surface area contributed by atoms with E-state index in [9.17, 15) is 0 Å². The van der Waals surface area contributed by atoms with Gasteiger partial charge in [-0.1, -0.05) is 70.2 Å². The van der Waals surface area contributed by atoms with E-state index in [1.165, 1.54) is 17.5 Å². The van der Waals surface area contributed by atoms with Crippen LogP contribution in [0.15, 0.2) is 48.5 Å². The minimum atomic E-state index is -0.122. The van der Waals surface area contributed by atoms with Crippen LogP contribution in [0.4, 0.5) is 4.39 Å². The zero-order valence-corrected chi connectivity index (χ0v) is 15.4. The van der Waals surface area contributed by atoms with Gasteiger partial charge in [-0.3, -0.25) is 0 Å². The molecule has 0 fully saturated rings. The molecule has 0 atom stereocenters. The number of hydrogen-bond acceptors (Lipinski definition) is 0. The van der Waals surface area contributed by atoms with E-state index in [4.69, 9.17) is 0 Å². The van der Waals surface area contributed by atoms with Crippen LogP contribution in [0.2, 0.25) is 0 Å². The molecule has 0 unspecified atom stereocenters. The predicted octanol–water partition coefficient (Wildman–Crippen LogP) is 6.89. The lowest BCUT2D eigenvalue weighted by Gasteiger charge is -2.42. The van der Waals surface area contributed by atoms with Crippen LogP contribution in [0, 0.1) is 0 Å². The maximum Gasteiger partial charge on any atom is 0.133 e. The van der Waals surface area contributed by atoms with Crippen LogP contribution in [0.3, 0.4) is 0 Å². The predicted molar refractivity (Wildman–Crippen MR) is 102 cm³/mol. The van der Waals surface area contributed by atoms with Crippen LogP contribution in [-0.2, 0) is 10.8 Å². The second-order valence-corrected chi connectivity index (χ2v) is 8.33. The molecule has 1 heteroatoms. The van der Waals surface area contributed by atoms with Crippen molar-refractivity contribution in [3.05, 3.63) is 70.8 Å². The third-order valence-electron chi connectivity index (χ3n) is 5.64. The van der Waals surface area contributed by atoms with Crippen LogP contribution in [0.5, 0.6) is 0 Å². The number of rotatable bonds is 2. The largest absolute Gasteiger partial charge is 0.206 e. The molecule has 0 saturated carbocycles. The number of hydrogen-bond donors (Lipinski definition) is 0. The Labute approximate surface area is 145 Å². The van der Waals surface area contributed by atoms with E-state index < -0.39 is 0 Å². The summed E-state index contributed by atoms with van der Waals surface area (Å²) < 4.78 is 15.1. The van der Waals surface area contributed by atoms with Gasteiger partial charge >= 0.3 is 0 Å². The smallest absolute Gasteiger partial charge is 0.133 e. The number of benzene rings is 2. The Balaban J connectivity index is 2.12. The van der Waals surface area contributed by atoms with Gasteiger partial charge < -0.3 is 0 Å². The van der Waals surface area contributed by atoms with E-state index in [-0.39, 0.29) is 16.7 Å². The Morgan fingerprint density at radius 3 is 2.00 bits per heavy atom. The lowest BCUT2D eigenvalue weighted by molar-refractivity contribution is 0.332. The van der Waals surface area contributed by atoms with Crippen LogP contribution in [0.1, 0.15) is 69.7 Å². The molecule has 0 aliphatic heterocycles. The fourth-order valence-electron chi connectivity index (χ4n) is 3.76. The molecule has 1 aliphatic carbocycles. The van der Waals surface area contributed by atoms with Crippen molar-refractivity contribution in [1.29, 1.82) is 0 Å². The molecule has 2 aromatic rings. The molecular weight excluding hydrogens is 295 g/mol. The first-order chi connectivity index (χ1) is 11.2. The highest BCUT2D eigenvalue weighted by molar-refractivity contribution is 5.86. The Morgan fingerprint density at radius 2 is 1.38 bits per heavy atom. The summed E-state index contributed by atoms with van der Waals surface area (Å²) >= 11 is 0. The second-order valence-electron chi connectivity index (χ2n) is 8.33. The number of allylic oxidation sites excluding steroid dienone is 1. The van der Waals surface area contributed by atoms with Crippen molar-refractivity contribution < 1.29 is 4.39 Å². The molecular formula is C23H27F. The zero-order valence-electron chi connectivity index (χ0n) is 15.4. The van der Waals surface area contributed by atoms with Gasteiger partial charge in [0.1, 0.15) is 5.83 Å². The van der Waals surface area contributed by atoms with E-state index in [2.05, 4.69) is 39.8 Å². The fraction of sp³-hybridized carbons (Fsp3) is 0.391. The number of halogens is 1. The van der Waals surface area contributed by atoms with Gasteiger partial charge in [0.2, 0.25) is 0 Å². The van der Waals surface area contributed by atoms with Gasteiger partial charge in [-0.25, -0.2) is 4.39 Å². The van der Waals surface area contributed by atoms with Crippen molar-refractivity contribution in [3.8, 4) is 0 Å². The van der Waals surface area contributed by atoms with Crippen LogP contribution >= 0.6 is 0 Å². The van der Waals surface area contributed by atoms with Crippen LogP contribution in [0.25, 0.3) is 11.4 Å². The average molecular weight is 322 g/mol. The highest BCUT2D eigenvalue weighted by Gasteiger charge is 2.37. The summed E-state index contributed by atoms with van der Waals surface area (Å²) in [6.07, 6.45) is 2.31. The molecule has 2 aromatic carbocycles. The third-order valence-corrected chi connectivity index (χ3v) is 5.64. The van der Waals surface area contributed by atoms with Crippen molar-refractivity contribution in [3.63, 3.8) is 0 Å². The minimum absolute atomic E-state index is 0.0990. The highest BCUT2D eigenvalue weighted by atomic mass is 19.1. The second kappa shape index (κ2) is 5.88. The van der Waals surface area contributed by atoms with Gasteiger partial charge in [0, 0.05) is 5.56 Å². The van der Waals surface area contributed by atoms with E-state index in [0.717, 1.165) is 12.0 Å². The Hall–Kier alpha value is -1.89. The van der Waals surface area contributed by atoms with Gasteiger partial charge in [-0.05, 0) is 58.9 Å². The standard InChI is InChI=1S/C23H27F/c1-16(17-9-7-6-8-10-17)21(24)18-11-12-19-20(15-18)23(4,5)14-13-22(19,2)3/h6-12,15H,13-14H2,1-5H3/b21-16-. The van der Waals surface area contributed by atoms with Crippen LogP contribution < -0.4 is 0 Å². The average Bonchev–Trinajstić information content (AvgIpc) is 2.58. The molecule has 126 valence electrons. The molecule has 0 bridgehead atoms. The number of fused-ring (bicyclic) bond motifs is 1. The summed E-state index contributed by atoms with van der Waals surface area (Å²) in [6, 6.07) is 15.9.